The van der Waals surface area contributed by atoms with E-state index in [2.05, 4.69) is 49.1 Å². The summed E-state index contributed by atoms with van der Waals surface area (Å²) in [6, 6.07) is 7.89. The highest BCUT2D eigenvalue weighted by atomic mass is 19.1. The summed E-state index contributed by atoms with van der Waals surface area (Å²) in [5.41, 5.74) is 3.87. The van der Waals surface area contributed by atoms with Gasteiger partial charge in [-0.25, -0.2) is 23.9 Å². The second-order valence-electron chi connectivity index (χ2n) is 9.53. The number of nitrogens with zero attached hydrogens (tertiary/aromatic N) is 8. The molecule has 1 unspecified atom stereocenters. The molecule has 10 heteroatoms. The summed E-state index contributed by atoms with van der Waals surface area (Å²) in [5.74, 6) is 1.16. The Kier molecular flexibility index (Phi) is 5.96. The van der Waals surface area contributed by atoms with Crippen LogP contribution in [0.2, 0.25) is 0 Å². The average Bonchev–Trinajstić information content (AvgIpc) is 3.61. The molecule has 38 heavy (non-hydrogen) atoms. The molecule has 192 valence electrons. The van der Waals surface area contributed by atoms with Crippen LogP contribution in [0, 0.1) is 5.82 Å². The molecule has 0 spiro atoms. The Morgan fingerprint density at radius 3 is 2.45 bits per heavy atom. The van der Waals surface area contributed by atoms with Gasteiger partial charge in [0.05, 0.1) is 6.20 Å². The van der Waals surface area contributed by atoms with Crippen LogP contribution in [0.15, 0.2) is 73.7 Å². The minimum atomic E-state index is -1.33. The predicted molar refractivity (Wildman–Crippen MR) is 142 cm³/mol. The van der Waals surface area contributed by atoms with Gasteiger partial charge >= 0.3 is 0 Å². The Hall–Kier alpha value is -4.44. The van der Waals surface area contributed by atoms with Crippen LogP contribution in [-0.2, 0) is 12.1 Å². The van der Waals surface area contributed by atoms with Crippen molar-refractivity contribution >= 4 is 16.9 Å². The molecule has 0 aliphatic carbocycles. The molecule has 9 nitrogen and oxygen atoms in total. The van der Waals surface area contributed by atoms with E-state index < -0.39 is 5.60 Å². The molecule has 0 saturated carbocycles. The maximum absolute atomic E-state index is 13.3. The fraction of sp³-hybridized carbons (Fsp3) is 0.250. The molecule has 1 aliphatic rings. The summed E-state index contributed by atoms with van der Waals surface area (Å²) < 4.78 is 17.1. The number of aliphatic hydroxyl groups is 1. The first kappa shape index (κ1) is 23.9. The Labute approximate surface area is 218 Å². The van der Waals surface area contributed by atoms with E-state index in [9.17, 15) is 9.50 Å². The molecular formula is C28H27FN8O. The van der Waals surface area contributed by atoms with Crippen molar-refractivity contribution in [2.24, 2.45) is 0 Å². The van der Waals surface area contributed by atoms with Gasteiger partial charge in [-0.3, -0.25) is 4.68 Å². The van der Waals surface area contributed by atoms with E-state index >= 15 is 0 Å². The second-order valence-corrected chi connectivity index (χ2v) is 9.53. The van der Waals surface area contributed by atoms with E-state index in [0.29, 0.717) is 23.5 Å². The maximum Gasteiger partial charge on any atom is 0.156 e. The Balaban J connectivity index is 1.21. The third kappa shape index (κ3) is 4.32. The van der Waals surface area contributed by atoms with Crippen LogP contribution >= 0.6 is 0 Å². The van der Waals surface area contributed by atoms with E-state index in [-0.39, 0.29) is 5.82 Å². The van der Waals surface area contributed by atoms with E-state index in [1.54, 1.807) is 37.8 Å². The highest BCUT2D eigenvalue weighted by molar-refractivity contribution is 5.78. The highest BCUT2D eigenvalue weighted by Gasteiger charge is 2.27. The van der Waals surface area contributed by atoms with Crippen LogP contribution in [0.4, 0.5) is 10.2 Å². The van der Waals surface area contributed by atoms with E-state index in [1.807, 2.05) is 27.8 Å². The van der Waals surface area contributed by atoms with Crippen molar-refractivity contribution < 1.29 is 9.50 Å². The fourth-order valence-corrected chi connectivity index (χ4v) is 4.75. The SMILES string of the molecule is CCn1cc(-c2cc3c(N4CC=C(c5ncc(C(C)(O)c6ccc(F)cc6)cn5)CC4)ncnn3c2)cn1. The molecule has 1 N–H and O–H groups in total. The molecule has 4 aromatic heterocycles. The van der Waals surface area contributed by atoms with E-state index in [1.165, 1.54) is 12.1 Å². The van der Waals surface area contributed by atoms with Crippen molar-refractivity contribution in [1.29, 1.82) is 0 Å². The number of anilines is 1. The van der Waals surface area contributed by atoms with E-state index in [0.717, 1.165) is 47.5 Å². The average molecular weight is 511 g/mol. The lowest BCUT2D eigenvalue weighted by Crippen LogP contribution is -2.30. The molecule has 5 aromatic rings. The Bertz CT molecular complexity index is 1620. The smallest absolute Gasteiger partial charge is 0.156 e. The van der Waals surface area contributed by atoms with Crippen LogP contribution in [0.5, 0.6) is 0 Å². The molecule has 0 radical (unpaired) electrons. The van der Waals surface area contributed by atoms with Crippen LogP contribution < -0.4 is 4.90 Å². The molecule has 0 saturated heterocycles. The lowest BCUT2D eigenvalue weighted by atomic mass is 9.90. The summed E-state index contributed by atoms with van der Waals surface area (Å²) in [6.45, 7) is 5.95. The lowest BCUT2D eigenvalue weighted by Gasteiger charge is -2.27. The molecule has 0 fully saturated rings. The first-order chi connectivity index (χ1) is 18.4. The standard InChI is InChI=1S/C28H27FN8O/c1-3-36-16-21(13-33-36)20-12-25-27(32-18-34-37(25)17-20)35-10-8-19(9-11-35)26-30-14-23(15-31-26)28(2,38)22-4-6-24(29)7-5-22/h4-8,12-18,38H,3,9-11H2,1-2H3. The zero-order valence-electron chi connectivity index (χ0n) is 21.2. The second kappa shape index (κ2) is 9.46. The van der Waals surface area contributed by atoms with Gasteiger partial charge in [-0.1, -0.05) is 18.2 Å². The van der Waals surface area contributed by atoms with E-state index in [4.69, 9.17) is 0 Å². The molecule has 5 heterocycles. The van der Waals surface area contributed by atoms with Crippen LogP contribution in [-0.4, -0.2) is 52.5 Å². The third-order valence-electron chi connectivity index (χ3n) is 7.09. The molecule has 1 aliphatic heterocycles. The minimum Gasteiger partial charge on any atom is -0.381 e. The highest BCUT2D eigenvalue weighted by Crippen LogP contribution is 2.31. The Morgan fingerprint density at radius 1 is 0.974 bits per heavy atom. The predicted octanol–water partition coefficient (Wildman–Crippen LogP) is 4.09. The summed E-state index contributed by atoms with van der Waals surface area (Å²) in [4.78, 5) is 15.9. The quantitative estimate of drug-likeness (QED) is 0.367. The zero-order valence-corrected chi connectivity index (χ0v) is 21.2. The van der Waals surface area contributed by atoms with Crippen LogP contribution in [0.1, 0.15) is 37.2 Å². The van der Waals surface area contributed by atoms with Crippen molar-refractivity contribution in [1.82, 2.24) is 34.3 Å². The number of hydrogen-bond acceptors (Lipinski definition) is 7. The van der Waals surface area contributed by atoms with Gasteiger partial charge < -0.3 is 10.0 Å². The number of fused-ring (bicyclic) bond motifs is 1. The van der Waals surface area contributed by atoms with Crippen LogP contribution in [0.3, 0.4) is 0 Å². The van der Waals surface area contributed by atoms with Crippen LogP contribution in [0.25, 0.3) is 22.2 Å². The fourth-order valence-electron chi connectivity index (χ4n) is 4.75. The topological polar surface area (TPSA) is 97.3 Å². The van der Waals surface area contributed by atoms with Gasteiger partial charge in [0.15, 0.2) is 11.6 Å². The number of rotatable bonds is 6. The first-order valence-corrected chi connectivity index (χ1v) is 12.5. The Morgan fingerprint density at radius 2 is 1.76 bits per heavy atom. The molecule has 6 rings (SSSR count). The van der Waals surface area contributed by atoms with Gasteiger partial charge in [0.1, 0.15) is 23.3 Å². The maximum atomic E-state index is 13.3. The van der Waals surface area contributed by atoms with Gasteiger partial charge in [-0.2, -0.15) is 10.2 Å². The zero-order chi connectivity index (χ0) is 26.3. The summed E-state index contributed by atoms with van der Waals surface area (Å²) in [5, 5.41) is 19.8. The van der Waals surface area contributed by atoms with Crippen molar-refractivity contribution in [3.8, 4) is 11.1 Å². The largest absolute Gasteiger partial charge is 0.381 e. The number of aromatic nitrogens is 7. The van der Waals surface area contributed by atoms with Crippen molar-refractivity contribution in [2.45, 2.75) is 32.4 Å². The molecule has 0 amide bonds. The number of hydrogen-bond donors (Lipinski definition) is 1. The first-order valence-electron chi connectivity index (χ1n) is 12.5. The number of aryl methyl sites for hydroxylation is 1. The third-order valence-corrected chi connectivity index (χ3v) is 7.09. The normalized spacial score (nSPS) is 15.5. The van der Waals surface area contributed by atoms with Gasteiger partial charge in [0, 0.05) is 61.1 Å². The lowest BCUT2D eigenvalue weighted by molar-refractivity contribution is 0.101. The molecule has 1 atom stereocenters. The summed E-state index contributed by atoms with van der Waals surface area (Å²) in [7, 11) is 0. The monoisotopic (exact) mass is 510 g/mol. The summed E-state index contributed by atoms with van der Waals surface area (Å²) in [6.07, 6.45) is 13.6. The van der Waals surface area contributed by atoms with Crippen molar-refractivity contribution in [2.75, 3.05) is 18.0 Å². The number of halogens is 1. The summed E-state index contributed by atoms with van der Waals surface area (Å²) >= 11 is 0. The molecular weight excluding hydrogens is 483 g/mol. The molecule has 0 bridgehead atoms. The van der Waals surface area contributed by atoms with Crippen molar-refractivity contribution in [3.05, 3.63) is 96.5 Å². The van der Waals surface area contributed by atoms with Gasteiger partial charge in [0.25, 0.3) is 0 Å². The number of benzene rings is 1. The van der Waals surface area contributed by atoms with Crippen molar-refractivity contribution in [3.63, 3.8) is 0 Å². The van der Waals surface area contributed by atoms with Gasteiger partial charge in [0.2, 0.25) is 0 Å². The molecule has 1 aromatic carbocycles. The minimum absolute atomic E-state index is 0.349. The van der Waals surface area contributed by atoms with Gasteiger partial charge in [-0.05, 0) is 49.6 Å². The van der Waals surface area contributed by atoms with Gasteiger partial charge in [-0.15, -0.1) is 0 Å².